The van der Waals surface area contributed by atoms with Crippen LogP contribution in [0.2, 0.25) is 0 Å². The Kier molecular flexibility index (Phi) is 5.60. The van der Waals surface area contributed by atoms with Gasteiger partial charge in [0.1, 0.15) is 11.3 Å². The number of carbonyl (C=O) groups is 1. The molecule has 7 nitrogen and oxygen atoms in total. The van der Waals surface area contributed by atoms with E-state index in [9.17, 15) is 20.0 Å². The number of carboxylic acids is 1. The van der Waals surface area contributed by atoms with Crippen LogP contribution in [0.3, 0.4) is 0 Å². The number of carboxylic acid groups (broad SMARTS) is 1. The summed E-state index contributed by atoms with van der Waals surface area (Å²) in [5.41, 5.74) is 3.98. The molecule has 1 aliphatic carbocycles. The number of rotatable bonds is 6. The number of benzene rings is 2. The predicted molar refractivity (Wildman–Crippen MR) is 137 cm³/mol. The molecule has 0 spiro atoms. The molecule has 5 rings (SSSR count). The molecule has 36 heavy (non-hydrogen) atoms. The Morgan fingerprint density at radius 1 is 1.19 bits per heavy atom. The number of para-hydroxylation sites is 1. The maximum atomic E-state index is 13.4. The van der Waals surface area contributed by atoms with Gasteiger partial charge < -0.3 is 14.8 Å². The summed E-state index contributed by atoms with van der Waals surface area (Å²) in [4.78, 5) is 29.6. The highest BCUT2D eigenvalue weighted by Gasteiger charge is 2.46. The molecule has 1 fully saturated rings. The molecule has 2 aromatic heterocycles. The summed E-state index contributed by atoms with van der Waals surface area (Å²) in [5.74, 6) is -0.597. The fourth-order valence-electron chi connectivity index (χ4n) is 4.63. The number of anilines is 1. The number of aryl methyl sites for hydroxylation is 1. The zero-order valence-corrected chi connectivity index (χ0v) is 20.3. The van der Waals surface area contributed by atoms with Crippen LogP contribution in [0.25, 0.3) is 22.3 Å². The van der Waals surface area contributed by atoms with E-state index in [-0.39, 0.29) is 17.0 Å². The van der Waals surface area contributed by atoms with E-state index in [1.165, 1.54) is 0 Å². The number of nitrogens with one attached hydrogen (secondary N) is 1. The third-order valence-electron chi connectivity index (χ3n) is 6.87. The van der Waals surface area contributed by atoms with Crippen LogP contribution < -0.4 is 10.7 Å². The maximum absolute atomic E-state index is 13.4. The van der Waals surface area contributed by atoms with Crippen LogP contribution in [0.1, 0.15) is 58.5 Å². The first-order valence-electron chi connectivity index (χ1n) is 11.8. The van der Waals surface area contributed by atoms with E-state index in [1.54, 1.807) is 37.4 Å². The molecule has 2 heterocycles. The summed E-state index contributed by atoms with van der Waals surface area (Å²) in [7, 11) is 0. The minimum Gasteiger partial charge on any atom is -0.478 e. The van der Waals surface area contributed by atoms with Gasteiger partial charge in [0.2, 0.25) is 0 Å². The molecule has 2 aromatic carbocycles. The van der Waals surface area contributed by atoms with Crippen LogP contribution in [0.4, 0.5) is 5.69 Å². The molecule has 0 unspecified atom stereocenters. The Balaban J connectivity index is 1.61. The van der Waals surface area contributed by atoms with Crippen molar-refractivity contribution in [2.45, 2.75) is 45.1 Å². The van der Waals surface area contributed by atoms with Crippen LogP contribution >= 0.6 is 0 Å². The quantitative estimate of drug-likeness (QED) is 0.354. The van der Waals surface area contributed by atoms with Crippen LogP contribution in [-0.4, -0.2) is 16.1 Å². The summed E-state index contributed by atoms with van der Waals surface area (Å²) in [6, 6.07) is 16.1. The Labute approximate surface area is 208 Å². The topological polar surface area (TPSA) is 116 Å². The largest absolute Gasteiger partial charge is 0.478 e. The minimum atomic E-state index is -1.02. The van der Waals surface area contributed by atoms with E-state index in [2.05, 4.69) is 16.4 Å². The number of aromatic nitrogens is 1. The molecule has 0 saturated heterocycles. The van der Waals surface area contributed by atoms with Gasteiger partial charge in [-0.25, -0.2) is 4.79 Å². The van der Waals surface area contributed by atoms with Gasteiger partial charge in [-0.2, -0.15) is 5.26 Å². The second-order valence-corrected chi connectivity index (χ2v) is 9.46. The van der Waals surface area contributed by atoms with Crippen LogP contribution in [0.5, 0.6) is 0 Å². The summed E-state index contributed by atoms with van der Waals surface area (Å²) >= 11 is 0. The van der Waals surface area contributed by atoms with Crippen LogP contribution in [0, 0.1) is 25.2 Å². The minimum absolute atomic E-state index is 0.130. The van der Waals surface area contributed by atoms with Crippen molar-refractivity contribution >= 4 is 22.6 Å². The van der Waals surface area contributed by atoms with Gasteiger partial charge in [-0.1, -0.05) is 18.2 Å². The van der Waals surface area contributed by atoms with Gasteiger partial charge in [-0.05, 0) is 69.5 Å². The van der Waals surface area contributed by atoms with Gasteiger partial charge in [-0.3, -0.25) is 9.78 Å². The van der Waals surface area contributed by atoms with Crippen molar-refractivity contribution in [1.82, 2.24) is 4.98 Å². The van der Waals surface area contributed by atoms with E-state index >= 15 is 0 Å². The maximum Gasteiger partial charge on any atom is 0.337 e. The van der Waals surface area contributed by atoms with E-state index < -0.39 is 11.4 Å². The van der Waals surface area contributed by atoms with Gasteiger partial charge in [-0.15, -0.1) is 0 Å². The van der Waals surface area contributed by atoms with Gasteiger partial charge >= 0.3 is 5.97 Å². The molecule has 0 amide bonds. The molecule has 1 aliphatic rings. The molecule has 0 radical (unpaired) electrons. The molecule has 0 bridgehead atoms. The van der Waals surface area contributed by atoms with Crippen LogP contribution in [0.15, 0.2) is 63.9 Å². The first-order valence-corrected chi connectivity index (χ1v) is 11.8. The van der Waals surface area contributed by atoms with Crippen molar-refractivity contribution in [2.75, 3.05) is 5.32 Å². The lowest BCUT2D eigenvalue weighted by atomic mass is 9.98. The second-order valence-electron chi connectivity index (χ2n) is 9.46. The predicted octanol–water partition coefficient (Wildman–Crippen LogP) is 5.90. The van der Waals surface area contributed by atoms with Gasteiger partial charge in [0, 0.05) is 28.6 Å². The standard InChI is InChI=1S/C29H25N3O4/c1-16-12-21(18(3)32-23-7-5-4-6-20(23)28(34)35)27-22(13-16)25(33)17(2)26(36-27)19-8-9-24(31-14-19)29(15-30)10-11-29/h4-9,12-14,18,32H,10-11H2,1-3H3,(H,34,35)/t18-/m1/s1. The lowest BCUT2D eigenvalue weighted by Crippen LogP contribution is -2.14. The monoisotopic (exact) mass is 479 g/mol. The highest BCUT2D eigenvalue weighted by molar-refractivity contribution is 5.94. The van der Waals surface area contributed by atoms with Crippen molar-refractivity contribution in [2.24, 2.45) is 0 Å². The second kappa shape index (κ2) is 8.65. The van der Waals surface area contributed by atoms with Crippen molar-refractivity contribution in [3.63, 3.8) is 0 Å². The summed E-state index contributed by atoms with van der Waals surface area (Å²) in [6.07, 6.45) is 3.26. The van der Waals surface area contributed by atoms with E-state index in [0.29, 0.717) is 33.5 Å². The average Bonchev–Trinajstić information content (AvgIpc) is 3.68. The molecule has 2 N–H and O–H groups in total. The summed E-state index contributed by atoms with van der Waals surface area (Å²) in [5, 5.41) is 22.8. The molecule has 4 aromatic rings. The Bertz CT molecular complexity index is 1610. The highest BCUT2D eigenvalue weighted by atomic mass is 16.4. The van der Waals surface area contributed by atoms with E-state index in [0.717, 1.165) is 29.7 Å². The number of pyridine rings is 1. The SMILES string of the molecule is Cc1cc([C@@H](C)Nc2ccccc2C(=O)O)c2oc(-c3ccc(C4(C#N)CC4)nc3)c(C)c(=O)c2c1. The van der Waals surface area contributed by atoms with Crippen LogP contribution in [-0.2, 0) is 5.41 Å². The molecule has 7 heteroatoms. The smallest absolute Gasteiger partial charge is 0.337 e. The van der Waals surface area contributed by atoms with Gasteiger partial charge in [0.15, 0.2) is 5.43 Å². The van der Waals surface area contributed by atoms with Crippen molar-refractivity contribution < 1.29 is 14.3 Å². The lowest BCUT2D eigenvalue weighted by molar-refractivity contribution is 0.0698. The highest BCUT2D eigenvalue weighted by Crippen LogP contribution is 2.46. The number of hydrogen-bond donors (Lipinski definition) is 2. The normalized spacial score (nSPS) is 14.7. The zero-order valence-electron chi connectivity index (χ0n) is 20.3. The molecular formula is C29H25N3O4. The first kappa shape index (κ1) is 23.3. The Hall–Kier alpha value is -4.44. The molecule has 0 aliphatic heterocycles. The Morgan fingerprint density at radius 2 is 1.94 bits per heavy atom. The van der Waals surface area contributed by atoms with E-state index in [1.807, 2.05) is 38.1 Å². The van der Waals surface area contributed by atoms with Gasteiger partial charge in [0.05, 0.1) is 34.2 Å². The number of nitrogens with zero attached hydrogens (tertiary/aromatic N) is 2. The molecule has 1 atom stereocenters. The van der Waals surface area contributed by atoms with Crippen molar-refractivity contribution in [3.8, 4) is 17.4 Å². The zero-order chi connectivity index (χ0) is 25.6. The summed E-state index contributed by atoms with van der Waals surface area (Å²) < 4.78 is 6.39. The third kappa shape index (κ3) is 3.91. The Morgan fingerprint density at radius 3 is 2.58 bits per heavy atom. The van der Waals surface area contributed by atoms with Crippen molar-refractivity contribution in [3.05, 3.63) is 92.9 Å². The third-order valence-corrected chi connectivity index (χ3v) is 6.87. The lowest BCUT2D eigenvalue weighted by Gasteiger charge is -2.20. The van der Waals surface area contributed by atoms with E-state index in [4.69, 9.17) is 4.42 Å². The summed E-state index contributed by atoms with van der Waals surface area (Å²) in [6.45, 7) is 5.55. The molecular weight excluding hydrogens is 454 g/mol. The fourth-order valence-corrected chi connectivity index (χ4v) is 4.63. The van der Waals surface area contributed by atoms with Crippen molar-refractivity contribution in [1.29, 1.82) is 5.26 Å². The number of fused-ring (bicyclic) bond motifs is 1. The fraction of sp³-hybridized carbons (Fsp3) is 0.241. The molecule has 180 valence electrons. The van der Waals surface area contributed by atoms with Gasteiger partial charge in [0.25, 0.3) is 0 Å². The first-order chi connectivity index (χ1) is 17.2. The number of aromatic carboxylic acids is 1. The molecule has 1 saturated carbocycles. The number of nitriles is 1. The average molecular weight is 480 g/mol. The number of hydrogen-bond acceptors (Lipinski definition) is 6.